The zero-order chi connectivity index (χ0) is 27.2. The van der Waals surface area contributed by atoms with Gasteiger partial charge in [0.25, 0.3) is 5.91 Å². The van der Waals surface area contributed by atoms with Gasteiger partial charge in [-0.2, -0.15) is 0 Å². The standard InChI is InChI=1S/C30H36N4O3/c1-6-17-30(18-7-2,29(31)37)23(19-20(3)4)27(35)33-26-28(36)34(5)24-16-12-11-15-22(24)25(32-26)21-13-9-8-10-14-21/h6-16,20,23,26H,1-2,17-19H2,3-5H3,(H2,31,37)(H,33,35)/t23?,26-/m1/s1. The summed E-state index contributed by atoms with van der Waals surface area (Å²) in [5.74, 6) is -2.15. The van der Waals surface area contributed by atoms with Crippen LogP contribution in [0.25, 0.3) is 0 Å². The largest absolute Gasteiger partial charge is 0.369 e. The van der Waals surface area contributed by atoms with E-state index in [9.17, 15) is 14.4 Å². The number of para-hydroxylation sites is 1. The van der Waals surface area contributed by atoms with Crippen molar-refractivity contribution >= 4 is 29.1 Å². The van der Waals surface area contributed by atoms with Gasteiger partial charge in [0.1, 0.15) is 0 Å². The third kappa shape index (κ3) is 5.71. The van der Waals surface area contributed by atoms with Gasteiger partial charge in [0, 0.05) is 18.2 Å². The van der Waals surface area contributed by atoms with Gasteiger partial charge in [-0.15, -0.1) is 13.2 Å². The molecule has 3 amide bonds. The summed E-state index contributed by atoms with van der Waals surface area (Å²) in [6.07, 6.45) is 2.82. The number of benzene rings is 2. The molecule has 2 aromatic carbocycles. The second kappa shape index (κ2) is 11.8. The molecule has 7 nitrogen and oxygen atoms in total. The zero-order valence-corrected chi connectivity index (χ0v) is 21.8. The summed E-state index contributed by atoms with van der Waals surface area (Å²) in [6.45, 7) is 11.5. The van der Waals surface area contributed by atoms with Crippen LogP contribution in [0.15, 0.2) is 84.9 Å². The Labute approximate surface area is 219 Å². The summed E-state index contributed by atoms with van der Waals surface area (Å²) >= 11 is 0. The molecule has 7 heteroatoms. The molecule has 2 atom stereocenters. The maximum atomic E-state index is 13.9. The van der Waals surface area contributed by atoms with Gasteiger partial charge in [-0.05, 0) is 31.2 Å². The number of aliphatic imine (C=N–C) groups is 1. The van der Waals surface area contributed by atoms with Crippen LogP contribution in [-0.4, -0.2) is 36.6 Å². The molecule has 0 spiro atoms. The number of benzodiazepines with no additional fused rings is 1. The van der Waals surface area contributed by atoms with E-state index >= 15 is 0 Å². The number of nitrogens with one attached hydrogen (secondary N) is 1. The zero-order valence-electron chi connectivity index (χ0n) is 21.8. The molecule has 194 valence electrons. The van der Waals surface area contributed by atoms with Gasteiger partial charge in [0.2, 0.25) is 18.0 Å². The third-order valence-corrected chi connectivity index (χ3v) is 6.87. The molecule has 0 bridgehead atoms. The molecule has 3 rings (SSSR count). The summed E-state index contributed by atoms with van der Waals surface area (Å²) in [6, 6.07) is 17.0. The lowest BCUT2D eigenvalue weighted by Crippen LogP contribution is -2.54. The molecule has 3 N–H and O–H groups in total. The fourth-order valence-electron chi connectivity index (χ4n) is 4.99. The van der Waals surface area contributed by atoms with Gasteiger partial charge in [-0.1, -0.05) is 74.5 Å². The minimum Gasteiger partial charge on any atom is -0.369 e. The molecule has 0 fully saturated rings. The average Bonchev–Trinajstić information content (AvgIpc) is 2.98. The summed E-state index contributed by atoms with van der Waals surface area (Å²) in [4.78, 5) is 46.6. The Hall–Kier alpha value is -4.00. The number of fused-ring (bicyclic) bond motifs is 1. The maximum Gasteiger partial charge on any atom is 0.272 e. The fraction of sp³-hybridized carbons (Fsp3) is 0.333. The number of likely N-dealkylation sites (N-methyl/N-ethyl adjacent to an activating group) is 1. The number of rotatable bonds is 11. The normalized spacial score (nSPS) is 16.3. The van der Waals surface area contributed by atoms with E-state index in [-0.39, 0.29) is 24.7 Å². The van der Waals surface area contributed by atoms with Crippen molar-refractivity contribution in [3.8, 4) is 0 Å². The van der Waals surface area contributed by atoms with Gasteiger partial charge in [0.15, 0.2) is 0 Å². The van der Waals surface area contributed by atoms with Crippen LogP contribution in [0.4, 0.5) is 5.69 Å². The highest BCUT2D eigenvalue weighted by atomic mass is 16.2. The average molecular weight is 501 g/mol. The lowest BCUT2D eigenvalue weighted by molar-refractivity contribution is -0.142. The first-order valence-electron chi connectivity index (χ1n) is 12.5. The Morgan fingerprint density at radius 2 is 1.68 bits per heavy atom. The molecule has 0 saturated carbocycles. The molecule has 0 aromatic heterocycles. The van der Waals surface area contributed by atoms with E-state index in [1.165, 1.54) is 4.90 Å². The van der Waals surface area contributed by atoms with E-state index in [2.05, 4.69) is 18.5 Å². The van der Waals surface area contributed by atoms with Crippen molar-refractivity contribution in [2.45, 2.75) is 39.3 Å². The van der Waals surface area contributed by atoms with E-state index in [0.29, 0.717) is 17.8 Å². The molecule has 2 aromatic rings. The van der Waals surface area contributed by atoms with Crippen LogP contribution >= 0.6 is 0 Å². The molecular weight excluding hydrogens is 464 g/mol. The highest BCUT2D eigenvalue weighted by Crippen LogP contribution is 2.40. The minimum absolute atomic E-state index is 0.0873. The number of carbonyl (C=O) groups excluding carboxylic acids is 3. The lowest BCUT2D eigenvalue weighted by Gasteiger charge is -2.37. The second-order valence-corrected chi connectivity index (χ2v) is 9.86. The van der Waals surface area contributed by atoms with Crippen molar-refractivity contribution in [3.05, 3.63) is 91.0 Å². The van der Waals surface area contributed by atoms with Crippen molar-refractivity contribution in [2.24, 2.45) is 28.0 Å². The minimum atomic E-state index is -1.22. The number of amides is 3. The van der Waals surface area contributed by atoms with E-state index in [1.54, 1.807) is 19.2 Å². The molecule has 1 unspecified atom stereocenters. The topological polar surface area (TPSA) is 105 Å². The summed E-state index contributed by atoms with van der Waals surface area (Å²) < 4.78 is 0. The van der Waals surface area contributed by atoms with Gasteiger partial charge < -0.3 is 16.0 Å². The first kappa shape index (κ1) is 27.6. The van der Waals surface area contributed by atoms with E-state index in [4.69, 9.17) is 10.7 Å². The highest BCUT2D eigenvalue weighted by Gasteiger charge is 2.47. The lowest BCUT2D eigenvalue weighted by atomic mass is 9.66. The number of allylic oxidation sites excluding steroid dienone is 2. The Bertz CT molecular complexity index is 1190. The molecule has 37 heavy (non-hydrogen) atoms. The second-order valence-electron chi connectivity index (χ2n) is 9.86. The maximum absolute atomic E-state index is 13.9. The van der Waals surface area contributed by atoms with Crippen LogP contribution in [0.1, 0.15) is 44.2 Å². The Balaban J connectivity index is 2.10. The number of carbonyl (C=O) groups is 3. The van der Waals surface area contributed by atoms with Crippen molar-refractivity contribution in [1.82, 2.24) is 5.32 Å². The third-order valence-electron chi connectivity index (χ3n) is 6.87. The quantitative estimate of drug-likeness (QED) is 0.451. The summed E-state index contributed by atoms with van der Waals surface area (Å²) in [7, 11) is 1.67. The number of nitrogens with two attached hydrogens (primary N) is 1. The van der Waals surface area contributed by atoms with Gasteiger partial charge in [-0.3, -0.25) is 14.4 Å². The molecule has 1 heterocycles. The molecule has 1 aliphatic heterocycles. The Kier molecular flexibility index (Phi) is 8.81. The molecular formula is C30H36N4O3. The first-order valence-corrected chi connectivity index (χ1v) is 12.5. The predicted octanol–water partition coefficient (Wildman–Crippen LogP) is 4.23. The number of anilines is 1. The van der Waals surface area contributed by atoms with Gasteiger partial charge in [0.05, 0.1) is 22.7 Å². The number of nitrogens with zero attached hydrogens (tertiary/aromatic N) is 2. The smallest absolute Gasteiger partial charge is 0.272 e. The molecule has 0 saturated heterocycles. The van der Waals surface area contributed by atoms with E-state index < -0.39 is 29.3 Å². The SMILES string of the molecule is C=CCC(CC=C)(C(N)=O)C(CC(C)C)C(=O)N[C@H]1N=C(c2ccccc2)c2ccccc2N(C)C1=O. The van der Waals surface area contributed by atoms with E-state index in [1.807, 2.05) is 68.4 Å². The van der Waals surface area contributed by atoms with Crippen molar-refractivity contribution in [3.63, 3.8) is 0 Å². The highest BCUT2D eigenvalue weighted by molar-refractivity contribution is 6.20. The van der Waals surface area contributed by atoms with Crippen LogP contribution in [0.5, 0.6) is 0 Å². The monoisotopic (exact) mass is 500 g/mol. The van der Waals surface area contributed by atoms with Crippen LogP contribution in [0.3, 0.4) is 0 Å². The van der Waals surface area contributed by atoms with E-state index in [0.717, 1.165) is 11.1 Å². The number of primary amides is 1. The molecule has 0 aliphatic carbocycles. The summed E-state index contributed by atoms with van der Waals surface area (Å²) in [5.41, 5.74) is 7.58. The fourth-order valence-corrected chi connectivity index (χ4v) is 4.99. The van der Waals surface area contributed by atoms with Crippen LogP contribution < -0.4 is 16.0 Å². The van der Waals surface area contributed by atoms with Crippen molar-refractivity contribution in [2.75, 3.05) is 11.9 Å². The van der Waals surface area contributed by atoms with Crippen LogP contribution in [0, 0.1) is 17.3 Å². The van der Waals surface area contributed by atoms with Gasteiger partial charge in [-0.25, -0.2) is 4.99 Å². The van der Waals surface area contributed by atoms with Crippen LogP contribution in [-0.2, 0) is 14.4 Å². The molecule has 1 aliphatic rings. The molecule has 0 radical (unpaired) electrons. The van der Waals surface area contributed by atoms with Crippen molar-refractivity contribution < 1.29 is 14.4 Å². The Morgan fingerprint density at radius 3 is 2.24 bits per heavy atom. The van der Waals surface area contributed by atoms with Gasteiger partial charge >= 0.3 is 0 Å². The first-order chi connectivity index (χ1) is 17.7. The van der Waals surface area contributed by atoms with Crippen molar-refractivity contribution in [1.29, 1.82) is 0 Å². The van der Waals surface area contributed by atoms with Crippen LogP contribution in [0.2, 0.25) is 0 Å². The summed E-state index contributed by atoms with van der Waals surface area (Å²) in [5, 5.41) is 2.86. The predicted molar refractivity (Wildman–Crippen MR) is 148 cm³/mol. The number of hydrogen-bond donors (Lipinski definition) is 2. The number of hydrogen-bond acceptors (Lipinski definition) is 4. The Morgan fingerprint density at radius 1 is 1.08 bits per heavy atom.